The first-order chi connectivity index (χ1) is 9.33. The van der Waals surface area contributed by atoms with Gasteiger partial charge in [-0.05, 0) is 24.3 Å². The molecule has 3 rings (SSSR count). The average molecular weight is 352 g/mol. The highest BCUT2D eigenvalue weighted by molar-refractivity contribution is 8.93. The van der Waals surface area contributed by atoms with E-state index in [1.54, 1.807) is 30.6 Å². The number of hydrogen-bond acceptors (Lipinski definition) is 4. The van der Waals surface area contributed by atoms with Crippen LogP contribution >= 0.6 is 28.3 Å². The number of thiazole rings is 1. The van der Waals surface area contributed by atoms with E-state index in [-0.39, 0.29) is 22.8 Å². The molecule has 3 aromatic rings. The lowest BCUT2D eigenvalue weighted by Crippen LogP contribution is -1.92. The van der Waals surface area contributed by atoms with Gasteiger partial charge < -0.3 is 5.32 Å². The summed E-state index contributed by atoms with van der Waals surface area (Å²) >= 11 is 1.43. The number of hydrogen-bond donors (Lipinski definition) is 1. The topological polar surface area (TPSA) is 37.8 Å². The minimum atomic E-state index is -0.291. The highest BCUT2D eigenvalue weighted by Gasteiger charge is 2.06. The van der Waals surface area contributed by atoms with Crippen molar-refractivity contribution >= 4 is 39.1 Å². The van der Waals surface area contributed by atoms with E-state index in [9.17, 15) is 4.39 Å². The van der Waals surface area contributed by atoms with Gasteiger partial charge in [-0.1, -0.05) is 12.1 Å². The molecule has 2 aromatic heterocycles. The third-order valence-corrected chi connectivity index (χ3v) is 3.33. The quantitative estimate of drug-likeness (QED) is 0.745. The van der Waals surface area contributed by atoms with Crippen molar-refractivity contribution in [3.63, 3.8) is 0 Å². The molecule has 0 fully saturated rings. The number of nitrogens with one attached hydrogen (secondary N) is 1. The van der Waals surface area contributed by atoms with Crippen LogP contribution in [0, 0.1) is 5.82 Å². The fourth-order valence-corrected chi connectivity index (χ4v) is 2.39. The Morgan fingerprint density at radius 1 is 1.10 bits per heavy atom. The summed E-state index contributed by atoms with van der Waals surface area (Å²) in [5, 5.41) is 5.55. The highest BCUT2D eigenvalue weighted by Crippen LogP contribution is 2.27. The van der Waals surface area contributed by atoms with Gasteiger partial charge in [0.1, 0.15) is 5.82 Å². The lowest BCUT2D eigenvalue weighted by atomic mass is 10.2. The minimum Gasteiger partial charge on any atom is -0.329 e. The summed E-state index contributed by atoms with van der Waals surface area (Å²) in [5.41, 5.74) is 2.20. The molecule has 1 N–H and O–H groups in total. The molecular weight excluding hydrogens is 341 g/mol. The zero-order chi connectivity index (χ0) is 13.1. The largest absolute Gasteiger partial charge is 0.329 e. The van der Waals surface area contributed by atoms with Crippen LogP contribution in [0.2, 0.25) is 0 Å². The van der Waals surface area contributed by atoms with Crippen molar-refractivity contribution in [3.8, 4) is 11.3 Å². The van der Waals surface area contributed by atoms with Crippen LogP contribution in [0.4, 0.5) is 15.2 Å². The second-order valence-corrected chi connectivity index (χ2v) is 4.74. The molecule has 6 heteroatoms. The number of nitrogens with zero attached hydrogens (tertiary/aromatic N) is 2. The summed E-state index contributed by atoms with van der Waals surface area (Å²) in [6.07, 6.45) is 3.47. The van der Waals surface area contributed by atoms with Crippen LogP contribution in [0.3, 0.4) is 0 Å². The molecule has 102 valence electrons. The Balaban J connectivity index is 0.00000147. The van der Waals surface area contributed by atoms with Crippen molar-refractivity contribution in [3.05, 3.63) is 60.0 Å². The van der Waals surface area contributed by atoms with Crippen molar-refractivity contribution in [1.82, 2.24) is 9.97 Å². The summed E-state index contributed by atoms with van der Waals surface area (Å²) in [6.45, 7) is 0. The van der Waals surface area contributed by atoms with Gasteiger partial charge >= 0.3 is 0 Å². The number of halogens is 2. The first kappa shape index (κ1) is 14.6. The molecule has 0 bridgehead atoms. The number of anilines is 2. The zero-order valence-electron chi connectivity index (χ0n) is 10.3. The first-order valence-electron chi connectivity index (χ1n) is 5.70. The lowest BCUT2D eigenvalue weighted by Gasteiger charge is -2.02. The molecule has 1 aromatic carbocycles. The maximum atomic E-state index is 13.5. The van der Waals surface area contributed by atoms with Crippen LogP contribution in [0.25, 0.3) is 11.3 Å². The molecule has 0 spiro atoms. The molecule has 20 heavy (non-hydrogen) atoms. The number of para-hydroxylation sites is 1. The standard InChI is InChI=1S/C14H10FN3S.BrH/c15-11-5-1-2-6-12(11)17-14-18-13(9-19-14)10-4-3-7-16-8-10;/h1-9H,(H,17,18);1H. The van der Waals surface area contributed by atoms with Gasteiger partial charge in [0.05, 0.1) is 11.4 Å². The highest BCUT2D eigenvalue weighted by atomic mass is 79.9. The Hall–Kier alpha value is -1.79. The van der Waals surface area contributed by atoms with Crippen LogP contribution in [0.1, 0.15) is 0 Å². The van der Waals surface area contributed by atoms with Crippen LogP contribution in [-0.2, 0) is 0 Å². The molecular formula is C14H11BrFN3S. The van der Waals surface area contributed by atoms with Gasteiger partial charge in [0.2, 0.25) is 0 Å². The molecule has 0 atom stereocenters. The SMILES string of the molecule is Br.Fc1ccccc1Nc1nc(-c2cccnc2)cs1. The summed E-state index contributed by atoms with van der Waals surface area (Å²) in [7, 11) is 0. The average Bonchev–Trinajstić information content (AvgIpc) is 2.91. The molecule has 0 saturated carbocycles. The Morgan fingerprint density at radius 2 is 1.95 bits per heavy atom. The molecule has 0 aliphatic carbocycles. The number of rotatable bonds is 3. The number of pyridine rings is 1. The van der Waals surface area contributed by atoms with Crippen LogP contribution in [0.15, 0.2) is 54.2 Å². The first-order valence-corrected chi connectivity index (χ1v) is 6.58. The summed E-state index contributed by atoms with van der Waals surface area (Å²) in [4.78, 5) is 8.47. The fourth-order valence-electron chi connectivity index (χ4n) is 1.66. The minimum absolute atomic E-state index is 0. The van der Waals surface area contributed by atoms with Gasteiger partial charge in [0.25, 0.3) is 0 Å². The summed E-state index contributed by atoms with van der Waals surface area (Å²) < 4.78 is 13.5. The molecule has 0 aliphatic heterocycles. The van der Waals surface area contributed by atoms with Crippen LogP contribution in [0.5, 0.6) is 0 Å². The molecule has 0 amide bonds. The van der Waals surface area contributed by atoms with E-state index in [1.807, 2.05) is 17.5 Å². The van der Waals surface area contributed by atoms with Gasteiger partial charge in [-0.15, -0.1) is 28.3 Å². The predicted octanol–water partition coefficient (Wildman–Crippen LogP) is 4.67. The van der Waals surface area contributed by atoms with E-state index in [4.69, 9.17) is 0 Å². The van der Waals surface area contributed by atoms with E-state index in [2.05, 4.69) is 15.3 Å². The van der Waals surface area contributed by atoms with E-state index < -0.39 is 0 Å². The van der Waals surface area contributed by atoms with Crippen LogP contribution < -0.4 is 5.32 Å². The van der Waals surface area contributed by atoms with E-state index in [0.717, 1.165) is 11.3 Å². The Bertz CT molecular complexity index is 688. The third kappa shape index (κ3) is 3.20. The Morgan fingerprint density at radius 3 is 2.70 bits per heavy atom. The smallest absolute Gasteiger partial charge is 0.187 e. The van der Waals surface area contributed by atoms with Gasteiger partial charge in [0.15, 0.2) is 5.13 Å². The van der Waals surface area contributed by atoms with Crippen molar-refractivity contribution in [2.75, 3.05) is 5.32 Å². The molecule has 3 nitrogen and oxygen atoms in total. The van der Waals surface area contributed by atoms with E-state index >= 15 is 0 Å². The number of aromatic nitrogens is 2. The maximum Gasteiger partial charge on any atom is 0.187 e. The van der Waals surface area contributed by atoms with Gasteiger partial charge in [-0.3, -0.25) is 4.98 Å². The second kappa shape index (κ2) is 6.58. The normalized spacial score (nSPS) is 9.85. The third-order valence-electron chi connectivity index (χ3n) is 2.58. The predicted molar refractivity (Wildman–Crippen MR) is 85.3 cm³/mol. The molecule has 2 heterocycles. The van der Waals surface area contributed by atoms with Gasteiger partial charge in [-0.25, -0.2) is 9.37 Å². The summed E-state index contributed by atoms with van der Waals surface area (Å²) in [5.74, 6) is -0.291. The van der Waals surface area contributed by atoms with Crippen molar-refractivity contribution < 1.29 is 4.39 Å². The Kier molecular flexibility index (Phi) is 4.81. The fraction of sp³-hybridized carbons (Fsp3) is 0. The Labute approximate surface area is 130 Å². The van der Waals surface area contributed by atoms with Crippen molar-refractivity contribution in [2.45, 2.75) is 0 Å². The molecule has 0 saturated heterocycles. The van der Waals surface area contributed by atoms with Crippen molar-refractivity contribution in [1.29, 1.82) is 0 Å². The van der Waals surface area contributed by atoms with E-state index in [1.165, 1.54) is 17.4 Å². The van der Waals surface area contributed by atoms with Gasteiger partial charge in [0, 0.05) is 23.3 Å². The van der Waals surface area contributed by atoms with Crippen LogP contribution in [-0.4, -0.2) is 9.97 Å². The maximum absolute atomic E-state index is 13.5. The summed E-state index contributed by atoms with van der Waals surface area (Å²) in [6, 6.07) is 10.3. The monoisotopic (exact) mass is 351 g/mol. The molecule has 0 unspecified atom stereocenters. The second-order valence-electron chi connectivity index (χ2n) is 3.88. The number of benzene rings is 1. The van der Waals surface area contributed by atoms with Gasteiger partial charge in [-0.2, -0.15) is 0 Å². The van der Waals surface area contributed by atoms with Crippen molar-refractivity contribution in [2.24, 2.45) is 0 Å². The lowest BCUT2D eigenvalue weighted by molar-refractivity contribution is 0.632. The molecule has 0 radical (unpaired) electrons. The zero-order valence-corrected chi connectivity index (χ0v) is 12.8. The molecule has 0 aliphatic rings. The van der Waals surface area contributed by atoms with E-state index in [0.29, 0.717) is 10.8 Å².